The standard InChI is InChI=1S/C17H30N4OS/c1-3-18-17(20(2)13-15-7-12-23-14-15)19-8-4-9-21-10-5-16(22)6-11-21/h7,12,14,16,22H,3-6,8-11,13H2,1-2H3,(H,18,19). The Hall–Kier alpha value is -1.11. The van der Waals surface area contributed by atoms with Crippen molar-refractivity contribution in [2.24, 2.45) is 4.99 Å². The Bertz CT molecular complexity index is 455. The number of piperidine rings is 1. The first-order valence-electron chi connectivity index (χ1n) is 8.60. The number of guanidine groups is 1. The molecule has 0 atom stereocenters. The molecule has 0 aliphatic carbocycles. The second kappa shape index (κ2) is 9.90. The molecule has 0 aromatic carbocycles. The van der Waals surface area contributed by atoms with Crippen LogP contribution in [0.1, 0.15) is 31.7 Å². The van der Waals surface area contributed by atoms with Crippen molar-refractivity contribution >= 4 is 17.3 Å². The molecule has 2 rings (SSSR count). The van der Waals surface area contributed by atoms with Crippen LogP contribution in [-0.2, 0) is 6.54 Å². The molecule has 0 unspecified atom stereocenters. The van der Waals surface area contributed by atoms with Crippen LogP contribution < -0.4 is 5.32 Å². The van der Waals surface area contributed by atoms with Crippen LogP contribution in [0.15, 0.2) is 21.8 Å². The van der Waals surface area contributed by atoms with Crippen LogP contribution in [0.25, 0.3) is 0 Å². The molecule has 1 aliphatic heterocycles. The Morgan fingerprint density at radius 3 is 2.91 bits per heavy atom. The largest absolute Gasteiger partial charge is 0.393 e. The number of likely N-dealkylation sites (tertiary alicyclic amines) is 1. The van der Waals surface area contributed by atoms with Crippen LogP contribution in [0, 0.1) is 0 Å². The summed E-state index contributed by atoms with van der Waals surface area (Å²) in [6.45, 7) is 7.83. The van der Waals surface area contributed by atoms with Crippen LogP contribution in [0.2, 0.25) is 0 Å². The third-order valence-corrected chi connectivity index (χ3v) is 4.88. The van der Waals surface area contributed by atoms with Gasteiger partial charge in [-0.15, -0.1) is 0 Å². The number of nitrogens with one attached hydrogen (secondary N) is 1. The molecule has 6 heteroatoms. The SMILES string of the molecule is CCNC(=NCCCN1CCC(O)CC1)N(C)Cc1ccsc1. The molecule has 0 bridgehead atoms. The third kappa shape index (κ3) is 6.49. The minimum Gasteiger partial charge on any atom is -0.393 e. The van der Waals surface area contributed by atoms with Gasteiger partial charge in [0.05, 0.1) is 6.10 Å². The summed E-state index contributed by atoms with van der Waals surface area (Å²) in [5, 5.41) is 17.2. The van der Waals surface area contributed by atoms with Crippen molar-refractivity contribution in [2.75, 3.05) is 39.8 Å². The minimum atomic E-state index is -0.0876. The van der Waals surface area contributed by atoms with Gasteiger partial charge in [-0.3, -0.25) is 4.99 Å². The highest BCUT2D eigenvalue weighted by atomic mass is 32.1. The van der Waals surface area contributed by atoms with Gasteiger partial charge in [0.2, 0.25) is 0 Å². The Morgan fingerprint density at radius 1 is 1.48 bits per heavy atom. The number of rotatable bonds is 7. The molecule has 23 heavy (non-hydrogen) atoms. The lowest BCUT2D eigenvalue weighted by Gasteiger charge is -2.29. The van der Waals surface area contributed by atoms with Gasteiger partial charge in [0, 0.05) is 39.8 Å². The molecule has 1 aromatic rings. The number of aliphatic imine (C=N–C) groups is 1. The lowest BCUT2D eigenvalue weighted by atomic mass is 10.1. The Labute approximate surface area is 144 Å². The molecule has 1 fully saturated rings. The summed E-state index contributed by atoms with van der Waals surface area (Å²) in [7, 11) is 2.09. The molecule has 1 saturated heterocycles. The van der Waals surface area contributed by atoms with E-state index >= 15 is 0 Å². The molecule has 1 aromatic heterocycles. The molecule has 0 amide bonds. The highest BCUT2D eigenvalue weighted by molar-refractivity contribution is 7.07. The Balaban J connectivity index is 1.74. The number of hydrogen-bond acceptors (Lipinski definition) is 4. The summed E-state index contributed by atoms with van der Waals surface area (Å²) in [6, 6.07) is 2.16. The number of aliphatic hydroxyl groups is 1. The fourth-order valence-electron chi connectivity index (χ4n) is 2.82. The topological polar surface area (TPSA) is 51.1 Å². The van der Waals surface area contributed by atoms with Crippen LogP contribution in [0.4, 0.5) is 0 Å². The summed E-state index contributed by atoms with van der Waals surface area (Å²) in [4.78, 5) is 9.37. The average molecular weight is 339 g/mol. The van der Waals surface area contributed by atoms with Crippen LogP contribution in [0.3, 0.4) is 0 Å². The average Bonchev–Trinajstić information content (AvgIpc) is 3.05. The smallest absolute Gasteiger partial charge is 0.193 e. The monoisotopic (exact) mass is 338 g/mol. The van der Waals surface area contributed by atoms with Gasteiger partial charge in [-0.2, -0.15) is 11.3 Å². The second-order valence-corrected chi connectivity index (χ2v) is 6.93. The molecule has 1 aliphatic rings. The normalized spacial score (nSPS) is 17.4. The molecule has 0 saturated carbocycles. The van der Waals surface area contributed by atoms with E-state index in [-0.39, 0.29) is 6.10 Å². The Morgan fingerprint density at radius 2 is 2.26 bits per heavy atom. The zero-order valence-corrected chi connectivity index (χ0v) is 15.2. The van der Waals surface area contributed by atoms with E-state index in [1.165, 1.54) is 5.56 Å². The molecular weight excluding hydrogens is 308 g/mol. The van der Waals surface area contributed by atoms with E-state index < -0.39 is 0 Å². The van der Waals surface area contributed by atoms with E-state index in [1.807, 2.05) is 0 Å². The first kappa shape index (κ1) is 18.2. The highest BCUT2D eigenvalue weighted by Crippen LogP contribution is 2.10. The lowest BCUT2D eigenvalue weighted by molar-refractivity contribution is 0.0824. The number of aliphatic hydroxyl groups excluding tert-OH is 1. The summed E-state index contributed by atoms with van der Waals surface area (Å²) in [5.74, 6) is 0.979. The van der Waals surface area contributed by atoms with Gasteiger partial charge in [0.25, 0.3) is 0 Å². The van der Waals surface area contributed by atoms with Gasteiger partial charge < -0.3 is 20.2 Å². The van der Waals surface area contributed by atoms with Crippen molar-refractivity contribution in [2.45, 2.75) is 38.8 Å². The molecular formula is C17H30N4OS. The van der Waals surface area contributed by atoms with Crippen LogP contribution in [-0.4, -0.2) is 66.7 Å². The van der Waals surface area contributed by atoms with E-state index in [2.05, 4.69) is 45.9 Å². The first-order chi connectivity index (χ1) is 11.2. The Kier molecular flexibility index (Phi) is 7.85. The maximum absolute atomic E-state index is 9.54. The molecule has 2 N–H and O–H groups in total. The van der Waals surface area contributed by atoms with E-state index in [0.29, 0.717) is 0 Å². The fraction of sp³-hybridized carbons (Fsp3) is 0.706. The summed E-state index contributed by atoms with van der Waals surface area (Å²) in [6.07, 6.45) is 2.80. The lowest BCUT2D eigenvalue weighted by Crippen LogP contribution is -2.39. The zero-order chi connectivity index (χ0) is 16.5. The second-order valence-electron chi connectivity index (χ2n) is 6.15. The maximum Gasteiger partial charge on any atom is 0.193 e. The fourth-order valence-corrected chi connectivity index (χ4v) is 3.48. The molecule has 0 spiro atoms. The summed E-state index contributed by atoms with van der Waals surface area (Å²) >= 11 is 1.73. The zero-order valence-electron chi connectivity index (χ0n) is 14.4. The van der Waals surface area contributed by atoms with Crippen molar-refractivity contribution in [3.8, 4) is 0 Å². The molecule has 0 radical (unpaired) electrons. The van der Waals surface area contributed by atoms with Gasteiger partial charge in [-0.1, -0.05) is 0 Å². The van der Waals surface area contributed by atoms with E-state index in [1.54, 1.807) is 11.3 Å². The van der Waals surface area contributed by atoms with Crippen molar-refractivity contribution in [3.63, 3.8) is 0 Å². The molecule has 130 valence electrons. The van der Waals surface area contributed by atoms with Gasteiger partial charge >= 0.3 is 0 Å². The van der Waals surface area contributed by atoms with Gasteiger partial charge in [-0.25, -0.2) is 0 Å². The van der Waals surface area contributed by atoms with Crippen LogP contribution in [0.5, 0.6) is 0 Å². The van der Waals surface area contributed by atoms with E-state index in [4.69, 9.17) is 4.99 Å². The number of hydrogen-bond donors (Lipinski definition) is 2. The number of thiophene rings is 1. The van der Waals surface area contributed by atoms with Gasteiger partial charge in [-0.05, 0) is 55.1 Å². The molecule has 5 nitrogen and oxygen atoms in total. The third-order valence-electron chi connectivity index (χ3n) is 4.15. The van der Waals surface area contributed by atoms with Gasteiger partial charge in [0.15, 0.2) is 5.96 Å². The summed E-state index contributed by atoms with van der Waals surface area (Å²) in [5.41, 5.74) is 1.33. The predicted octanol–water partition coefficient (Wildman–Crippen LogP) is 1.99. The maximum atomic E-state index is 9.54. The summed E-state index contributed by atoms with van der Waals surface area (Å²) < 4.78 is 0. The van der Waals surface area contributed by atoms with Crippen molar-refractivity contribution < 1.29 is 5.11 Å². The van der Waals surface area contributed by atoms with Crippen molar-refractivity contribution in [1.29, 1.82) is 0 Å². The first-order valence-corrected chi connectivity index (χ1v) is 9.54. The van der Waals surface area contributed by atoms with Gasteiger partial charge in [0.1, 0.15) is 0 Å². The quantitative estimate of drug-likeness (QED) is 0.453. The molecule has 2 heterocycles. The van der Waals surface area contributed by atoms with E-state index in [9.17, 15) is 5.11 Å². The number of nitrogens with zero attached hydrogens (tertiary/aromatic N) is 3. The minimum absolute atomic E-state index is 0.0876. The van der Waals surface area contributed by atoms with Crippen molar-refractivity contribution in [3.05, 3.63) is 22.4 Å². The highest BCUT2D eigenvalue weighted by Gasteiger charge is 2.16. The van der Waals surface area contributed by atoms with Crippen LogP contribution >= 0.6 is 11.3 Å². The van der Waals surface area contributed by atoms with E-state index in [0.717, 1.165) is 64.5 Å². The van der Waals surface area contributed by atoms with Crippen molar-refractivity contribution in [1.82, 2.24) is 15.1 Å². The predicted molar refractivity (Wildman–Crippen MR) is 98.1 cm³/mol.